The smallest absolute Gasteiger partial charge is 0.273 e. The first-order chi connectivity index (χ1) is 11.6. The summed E-state index contributed by atoms with van der Waals surface area (Å²) in [6.45, 7) is 0. The van der Waals surface area contributed by atoms with Gasteiger partial charge in [-0.3, -0.25) is 9.59 Å². The zero-order chi connectivity index (χ0) is 16.9. The van der Waals surface area contributed by atoms with Crippen molar-refractivity contribution in [3.05, 3.63) is 64.7 Å². The second-order valence-corrected chi connectivity index (χ2v) is 6.00. The molecule has 0 saturated heterocycles. The Morgan fingerprint density at radius 3 is 2.50 bits per heavy atom. The molecule has 0 spiro atoms. The molecular formula is C18H16ClN3O2. The van der Waals surface area contributed by atoms with Crippen molar-refractivity contribution >= 4 is 35.3 Å². The first-order valence-electron chi connectivity index (χ1n) is 7.62. The number of hydrogen-bond donors (Lipinski definition) is 2. The number of benzene rings is 2. The molecule has 1 saturated carbocycles. The zero-order valence-electron chi connectivity index (χ0n) is 12.8. The summed E-state index contributed by atoms with van der Waals surface area (Å²) in [6.07, 6.45) is 3.34. The van der Waals surface area contributed by atoms with Crippen molar-refractivity contribution in [2.45, 2.75) is 12.8 Å². The number of hydrazone groups is 1. The minimum Gasteiger partial charge on any atom is -0.325 e. The minimum absolute atomic E-state index is 0.0417. The van der Waals surface area contributed by atoms with Gasteiger partial charge in [0.2, 0.25) is 5.91 Å². The Kier molecular flexibility index (Phi) is 4.91. The number of rotatable bonds is 5. The summed E-state index contributed by atoms with van der Waals surface area (Å²) in [6, 6.07) is 13.9. The Labute approximate surface area is 144 Å². The van der Waals surface area contributed by atoms with Crippen LogP contribution in [0.15, 0.2) is 53.6 Å². The third-order valence-corrected chi connectivity index (χ3v) is 3.88. The Balaban J connectivity index is 1.66. The van der Waals surface area contributed by atoms with Crippen LogP contribution in [0.25, 0.3) is 0 Å². The molecule has 0 bridgehead atoms. The molecule has 0 unspecified atom stereocenters. The SMILES string of the molecule is O=C(N/N=C\c1ccc(Cl)cc1)c1ccccc1NC(=O)C1CC1. The van der Waals surface area contributed by atoms with Crippen LogP contribution in [0.1, 0.15) is 28.8 Å². The van der Waals surface area contributed by atoms with Gasteiger partial charge in [-0.05, 0) is 42.7 Å². The molecule has 1 fully saturated rings. The Bertz CT molecular complexity index is 783. The maximum atomic E-state index is 12.3. The third-order valence-electron chi connectivity index (χ3n) is 3.63. The molecular weight excluding hydrogens is 326 g/mol. The summed E-state index contributed by atoms with van der Waals surface area (Å²) in [5.74, 6) is -0.351. The zero-order valence-corrected chi connectivity index (χ0v) is 13.6. The maximum absolute atomic E-state index is 12.3. The molecule has 1 aliphatic rings. The number of hydrogen-bond acceptors (Lipinski definition) is 3. The standard InChI is InChI=1S/C18H16ClN3O2/c19-14-9-5-12(6-10-14)11-20-22-18(24)15-3-1-2-4-16(15)21-17(23)13-7-8-13/h1-6,9-11,13H,7-8H2,(H,21,23)(H,22,24)/b20-11-. The molecule has 0 aliphatic heterocycles. The van der Waals surface area contributed by atoms with Crippen LogP contribution < -0.4 is 10.7 Å². The lowest BCUT2D eigenvalue weighted by Gasteiger charge is -2.09. The summed E-state index contributed by atoms with van der Waals surface area (Å²) in [5.41, 5.74) is 4.15. The van der Waals surface area contributed by atoms with E-state index in [1.807, 2.05) is 0 Å². The topological polar surface area (TPSA) is 70.6 Å². The fourth-order valence-electron chi connectivity index (χ4n) is 2.14. The van der Waals surface area contributed by atoms with E-state index in [2.05, 4.69) is 15.8 Å². The molecule has 24 heavy (non-hydrogen) atoms. The van der Waals surface area contributed by atoms with Gasteiger partial charge in [-0.2, -0.15) is 5.10 Å². The minimum atomic E-state index is -0.382. The number of amides is 2. The van der Waals surface area contributed by atoms with Crippen LogP contribution in [0.4, 0.5) is 5.69 Å². The lowest BCUT2D eigenvalue weighted by atomic mass is 10.1. The second kappa shape index (κ2) is 7.27. The summed E-state index contributed by atoms with van der Waals surface area (Å²) < 4.78 is 0. The van der Waals surface area contributed by atoms with Gasteiger partial charge in [-0.25, -0.2) is 5.43 Å². The number of nitrogens with zero attached hydrogens (tertiary/aromatic N) is 1. The van der Waals surface area contributed by atoms with E-state index in [1.54, 1.807) is 48.5 Å². The fraction of sp³-hybridized carbons (Fsp3) is 0.167. The van der Waals surface area contributed by atoms with Gasteiger partial charge in [0.15, 0.2) is 0 Å². The van der Waals surface area contributed by atoms with Crippen molar-refractivity contribution in [2.24, 2.45) is 11.0 Å². The maximum Gasteiger partial charge on any atom is 0.273 e. The Hall–Kier alpha value is -2.66. The normalized spacial score (nSPS) is 13.7. The van der Waals surface area contributed by atoms with Crippen LogP contribution in [0.3, 0.4) is 0 Å². The molecule has 2 aromatic rings. The predicted octanol–water partition coefficient (Wildman–Crippen LogP) is 3.45. The van der Waals surface area contributed by atoms with Crippen LogP contribution >= 0.6 is 11.6 Å². The highest BCUT2D eigenvalue weighted by molar-refractivity contribution is 6.30. The van der Waals surface area contributed by atoms with E-state index in [1.165, 1.54) is 6.21 Å². The number of para-hydroxylation sites is 1. The van der Waals surface area contributed by atoms with E-state index in [4.69, 9.17) is 11.6 Å². The summed E-state index contributed by atoms with van der Waals surface area (Å²) in [7, 11) is 0. The highest BCUT2D eigenvalue weighted by Gasteiger charge is 2.30. The molecule has 0 radical (unpaired) electrons. The fourth-order valence-corrected chi connectivity index (χ4v) is 2.27. The van der Waals surface area contributed by atoms with Crippen LogP contribution in [0.5, 0.6) is 0 Å². The quantitative estimate of drug-likeness (QED) is 0.646. The Morgan fingerprint density at radius 1 is 1.08 bits per heavy atom. The van der Waals surface area contributed by atoms with Crippen molar-refractivity contribution in [3.63, 3.8) is 0 Å². The van der Waals surface area contributed by atoms with Crippen molar-refractivity contribution in [1.29, 1.82) is 0 Å². The van der Waals surface area contributed by atoms with Crippen molar-refractivity contribution in [2.75, 3.05) is 5.32 Å². The van der Waals surface area contributed by atoms with Gasteiger partial charge in [-0.15, -0.1) is 0 Å². The number of anilines is 1. The molecule has 0 heterocycles. The van der Waals surface area contributed by atoms with Crippen LogP contribution in [0.2, 0.25) is 5.02 Å². The molecule has 2 N–H and O–H groups in total. The van der Waals surface area contributed by atoms with E-state index in [0.29, 0.717) is 16.3 Å². The predicted molar refractivity (Wildman–Crippen MR) is 94.3 cm³/mol. The van der Waals surface area contributed by atoms with Gasteiger partial charge in [-0.1, -0.05) is 35.9 Å². The summed E-state index contributed by atoms with van der Waals surface area (Å²) in [5, 5.41) is 7.37. The van der Waals surface area contributed by atoms with Gasteiger partial charge < -0.3 is 5.32 Å². The van der Waals surface area contributed by atoms with Crippen molar-refractivity contribution < 1.29 is 9.59 Å². The number of nitrogens with one attached hydrogen (secondary N) is 2. The van der Waals surface area contributed by atoms with E-state index in [0.717, 1.165) is 18.4 Å². The molecule has 2 aromatic carbocycles. The molecule has 0 atom stereocenters. The van der Waals surface area contributed by atoms with Crippen LogP contribution in [0, 0.1) is 5.92 Å². The van der Waals surface area contributed by atoms with Gasteiger partial charge in [0, 0.05) is 10.9 Å². The monoisotopic (exact) mass is 341 g/mol. The van der Waals surface area contributed by atoms with E-state index in [-0.39, 0.29) is 17.7 Å². The number of halogens is 1. The largest absolute Gasteiger partial charge is 0.325 e. The van der Waals surface area contributed by atoms with E-state index in [9.17, 15) is 9.59 Å². The van der Waals surface area contributed by atoms with Gasteiger partial charge >= 0.3 is 0 Å². The van der Waals surface area contributed by atoms with Crippen LogP contribution in [-0.4, -0.2) is 18.0 Å². The third kappa shape index (κ3) is 4.20. The van der Waals surface area contributed by atoms with Crippen LogP contribution in [-0.2, 0) is 4.79 Å². The molecule has 3 rings (SSSR count). The van der Waals surface area contributed by atoms with Crippen molar-refractivity contribution in [3.8, 4) is 0 Å². The molecule has 6 heteroatoms. The number of carbonyl (C=O) groups excluding carboxylic acids is 2. The second-order valence-electron chi connectivity index (χ2n) is 5.56. The van der Waals surface area contributed by atoms with Crippen molar-refractivity contribution in [1.82, 2.24) is 5.43 Å². The van der Waals surface area contributed by atoms with E-state index < -0.39 is 0 Å². The summed E-state index contributed by atoms with van der Waals surface area (Å²) in [4.78, 5) is 24.2. The average molecular weight is 342 g/mol. The Morgan fingerprint density at radius 2 is 1.79 bits per heavy atom. The first kappa shape index (κ1) is 16.2. The average Bonchev–Trinajstić information content (AvgIpc) is 3.42. The van der Waals surface area contributed by atoms with Gasteiger partial charge in [0.05, 0.1) is 17.5 Å². The van der Waals surface area contributed by atoms with Gasteiger partial charge in [0.25, 0.3) is 5.91 Å². The van der Waals surface area contributed by atoms with E-state index >= 15 is 0 Å². The lowest BCUT2D eigenvalue weighted by molar-refractivity contribution is -0.117. The number of carbonyl (C=O) groups is 2. The lowest BCUT2D eigenvalue weighted by Crippen LogP contribution is -2.21. The van der Waals surface area contributed by atoms with Gasteiger partial charge in [0.1, 0.15) is 0 Å². The molecule has 0 aromatic heterocycles. The molecule has 5 nitrogen and oxygen atoms in total. The first-order valence-corrected chi connectivity index (χ1v) is 8.00. The summed E-state index contributed by atoms with van der Waals surface area (Å²) >= 11 is 5.81. The molecule has 2 amide bonds. The molecule has 1 aliphatic carbocycles. The highest BCUT2D eigenvalue weighted by Crippen LogP contribution is 2.30. The highest BCUT2D eigenvalue weighted by atomic mass is 35.5. The molecule has 122 valence electrons.